The summed E-state index contributed by atoms with van der Waals surface area (Å²) < 4.78 is 1.63. The summed E-state index contributed by atoms with van der Waals surface area (Å²) in [6, 6.07) is 7.58. The van der Waals surface area contributed by atoms with Crippen molar-refractivity contribution in [2.45, 2.75) is 12.8 Å². The normalized spacial score (nSPS) is 14.4. The number of nitrogens with zero attached hydrogens (tertiary/aromatic N) is 1. The van der Waals surface area contributed by atoms with Crippen LogP contribution in [0.15, 0.2) is 29.1 Å². The van der Waals surface area contributed by atoms with Gasteiger partial charge in [0.1, 0.15) is 0 Å². The summed E-state index contributed by atoms with van der Waals surface area (Å²) in [6.45, 7) is 0. The zero-order valence-corrected chi connectivity index (χ0v) is 8.99. The molecular weight excluding hydrogens is 202 g/mol. The van der Waals surface area contributed by atoms with E-state index in [0.29, 0.717) is 24.0 Å². The molecule has 0 N–H and O–H groups in total. The van der Waals surface area contributed by atoms with Crippen LogP contribution in [0.25, 0.3) is 10.9 Å². The van der Waals surface area contributed by atoms with E-state index in [2.05, 4.69) is 0 Å². The molecule has 1 heterocycles. The average Bonchev–Trinajstić information content (AvgIpc) is 2.69. The molecule has 0 aliphatic heterocycles. The lowest BCUT2D eigenvalue weighted by Crippen LogP contribution is -2.21. The van der Waals surface area contributed by atoms with Gasteiger partial charge in [0.25, 0.3) is 5.56 Å². The molecule has 1 aliphatic rings. The van der Waals surface area contributed by atoms with Crippen molar-refractivity contribution in [3.63, 3.8) is 0 Å². The van der Waals surface area contributed by atoms with Crippen LogP contribution in [0.2, 0.25) is 0 Å². The maximum Gasteiger partial charge on any atom is 0.254 e. The van der Waals surface area contributed by atoms with Crippen molar-refractivity contribution >= 4 is 16.7 Å². The summed E-state index contributed by atoms with van der Waals surface area (Å²) in [5, 5.41) is 0.905. The molecule has 1 aliphatic carbocycles. The first-order valence-electron chi connectivity index (χ1n) is 5.34. The Kier molecular flexibility index (Phi) is 1.78. The summed E-state index contributed by atoms with van der Waals surface area (Å²) in [6.07, 6.45) is 1.06. The minimum atomic E-state index is -0.0282. The van der Waals surface area contributed by atoms with Crippen molar-refractivity contribution in [3.8, 4) is 0 Å². The van der Waals surface area contributed by atoms with Gasteiger partial charge in [-0.3, -0.25) is 9.59 Å². The monoisotopic (exact) mass is 213 g/mol. The van der Waals surface area contributed by atoms with E-state index in [1.54, 1.807) is 11.6 Å². The zero-order valence-electron chi connectivity index (χ0n) is 8.99. The maximum absolute atomic E-state index is 12.0. The van der Waals surface area contributed by atoms with Gasteiger partial charge in [0, 0.05) is 30.0 Å². The molecule has 2 aromatic rings. The Morgan fingerprint density at radius 1 is 1.12 bits per heavy atom. The van der Waals surface area contributed by atoms with E-state index in [1.807, 2.05) is 24.3 Å². The van der Waals surface area contributed by atoms with Gasteiger partial charge in [-0.05, 0) is 12.5 Å². The van der Waals surface area contributed by atoms with Crippen LogP contribution in [0.3, 0.4) is 0 Å². The number of hydrogen-bond donors (Lipinski definition) is 0. The van der Waals surface area contributed by atoms with E-state index < -0.39 is 0 Å². The van der Waals surface area contributed by atoms with Crippen LogP contribution in [-0.2, 0) is 13.5 Å². The lowest BCUT2D eigenvalue weighted by molar-refractivity contribution is 0.0996. The predicted molar refractivity (Wildman–Crippen MR) is 61.8 cm³/mol. The zero-order chi connectivity index (χ0) is 11.3. The van der Waals surface area contributed by atoms with Crippen LogP contribution in [-0.4, -0.2) is 10.4 Å². The number of carbonyl (C=O) groups is 1. The van der Waals surface area contributed by atoms with Crippen LogP contribution < -0.4 is 5.56 Å². The number of fused-ring (bicyclic) bond motifs is 3. The van der Waals surface area contributed by atoms with E-state index >= 15 is 0 Å². The standard InChI is InChI=1S/C13H11NO2/c1-14-10-5-3-2-4-8(10)12-9(13(14)16)6-7-11(12)15/h2-5H,6-7H2,1H3. The summed E-state index contributed by atoms with van der Waals surface area (Å²) in [5.41, 5.74) is 2.14. The highest BCUT2D eigenvalue weighted by Crippen LogP contribution is 2.26. The molecular formula is C13H11NO2. The molecule has 0 amide bonds. The van der Waals surface area contributed by atoms with Gasteiger partial charge in [0.05, 0.1) is 5.52 Å². The van der Waals surface area contributed by atoms with Crippen molar-refractivity contribution in [2.24, 2.45) is 7.05 Å². The molecule has 0 saturated heterocycles. The molecule has 3 nitrogen and oxygen atoms in total. The molecule has 0 fully saturated rings. The van der Waals surface area contributed by atoms with Gasteiger partial charge in [-0.1, -0.05) is 18.2 Å². The average molecular weight is 213 g/mol. The number of benzene rings is 1. The van der Waals surface area contributed by atoms with Crippen molar-refractivity contribution in [1.82, 2.24) is 4.57 Å². The van der Waals surface area contributed by atoms with Gasteiger partial charge in [0.2, 0.25) is 0 Å². The van der Waals surface area contributed by atoms with Crippen LogP contribution in [0.4, 0.5) is 0 Å². The van der Waals surface area contributed by atoms with E-state index in [1.165, 1.54) is 0 Å². The third-order valence-electron chi connectivity index (χ3n) is 3.28. The van der Waals surface area contributed by atoms with Crippen LogP contribution in [0.1, 0.15) is 22.3 Å². The number of aryl methyl sites for hydroxylation is 1. The molecule has 16 heavy (non-hydrogen) atoms. The Hall–Kier alpha value is -1.90. The number of rotatable bonds is 0. The Balaban J connectivity index is 2.61. The number of para-hydroxylation sites is 1. The third-order valence-corrected chi connectivity index (χ3v) is 3.28. The Morgan fingerprint density at radius 2 is 1.88 bits per heavy atom. The number of Topliss-reactive ketones (excluding diaryl/α,β-unsaturated/α-hetero) is 1. The van der Waals surface area contributed by atoms with Crippen molar-refractivity contribution in [1.29, 1.82) is 0 Å². The number of carbonyl (C=O) groups excluding carboxylic acids is 1. The Bertz CT molecular complexity index is 667. The molecule has 0 bridgehead atoms. The lowest BCUT2D eigenvalue weighted by Gasteiger charge is -2.08. The van der Waals surface area contributed by atoms with Crippen molar-refractivity contribution < 1.29 is 4.79 Å². The van der Waals surface area contributed by atoms with Gasteiger partial charge in [-0.2, -0.15) is 0 Å². The molecule has 1 aromatic carbocycles. The fraction of sp³-hybridized carbons (Fsp3) is 0.231. The first kappa shape index (κ1) is 9.33. The summed E-state index contributed by atoms with van der Waals surface area (Å²) in [5.74, 6) is 0.101. The fourth-order valence-electron chi connectivity index (χ4n) is 2.47. The second-order valence-electron chi connectivity index (χ2n) is 4.16. The number of pyridine rings is 1. The quantitative estimate of drug-likeness (QED) is 0.667. The first-order valence-corrected chi connectivity index (χ1v) is 5.34. The van der Waals surface area contributed by atoms with E-state index in [9.17, 15) is 9.59 Å². The van der Waals surface area contributed by atoms with Gasteiger partial charge in [-0.15, -0.1) is 0 Å². The minimum Gasteiger partial charge on any atom is -0.311 e. The number of hydrogen-bond acceptors (Lipinski definition) is 2. The molecule has 80 valence electrons. The first-order chi connectivity index (χ1) is 7.70. The van der Waals surface area contributed by atoms with Crippen molar-refractivity contribution in [2.75, 3.05) is 0 Å². The van der Waals surface area contributed by atoms with E-state index in [0.717, 1.165) is 10.9 Å². The highest BCUT2D eigenvalue weighted by atomic mass is 16.1. The predicted octanol–water partition coefficient (Wildman–Crippen LogP) is 1.67. The third kappa shape index (κ3) is 1.03. The Morgan fingerprint density at radius 3 is 2.69 bits per heavy atom. The topological polar surface area (TPSA) is 39.1 Å². The molecule has 0 spiro atoms. The summed E-state index contributed by atoms with van der Waals surface area (Å²) in [7, 11) is 1.76. The number of aromatic nitrogens is 1. The van der Waals surface area contributed by atoms with Crippen molar-refractivity contribution in [3.05, 3.63) is 45.7 Å². The van der Waals surface area contributed by atoms with Crippen LogP contribution >= 0.6 is 0 Å². The lowest BCUT2D eigenvalue weighted by atomic mass is 10.0. The van der Waals surface area contributed by atoms with E-state index in [-0.39, 0.29) is 11.3 Å². The number of ketones is 1. The molecule has 0 atom stereocenters. The molecule has 1 aromatic heterocycles. The SMILES string of the molecule is Cn1c(=O)c2c(c3ccccc31)C(=O)CC2. The van der Waals surface area contributed by atoms with Gasteiger partial charge in [-0.25, -0.2) is 0 Å². The van der Waals surface area contributed by atoms with Crippen LogP contribution in [0.5, 0.6) is 0 Å². The van der Waals surface area contributed by atoms with E-state index in [4.69, 9.17) is 0 Å². The second kappa shape index (κ2) is 3.04. The van der Waals surface area contributed by atoms with Crippen LogP contribution in [0, 0.1) is 0 Å². The summed E-state index contributed by atoms with van der Waals surface area (Å²) >= 11 is 0. The largest absolute Gasteiger partial charge is 0.311 e. The summed E-state index contributed by atoms with van der Waals surface area (Å²) in [4.78, 5) is 23.8. The van der Waals surface area contributed by atoms with Gasteiger partial charge < -0.3 is 4.57 Å². The highest BCUT2D eigenvalue weighted by molar-refractivity contribution is 6.10. The molecule has 3 heteroatoms. The molecule has 3 rings (SSSR count). The smallest absolute Gasteiger partial charge is 0.254 e. The molecule has 0 radical (unpaired) electrons. The maximum atomic E-state index is 12.0. The molecule has 0 saturated carbocycles. The second-order valence-corrected chi connectivity index (χ2v) is 4.16. The fourth-order valence-corrected chi connectivity index (χ4v) is 2.47. The minimum absolute atomic E-state index is 0.0282. The van der Waals surface area contributed by atoms with Gasteiger partial charge >= 0.3 is 0 Å². The van der Waals surface area contributed by atoms with Gasteiger partial charge in [0.15, 0.2) is 5.78 Å². The Labute approximate surface area is 92.3 Å². The molecule has 0 unspecified atom stereocenters. The highest BCUT2D eigenvalue weighted by Gasteiger charge is 2.25.